The number of aliphatic hydroxyl groups excluding tert-OH is 11. The zero-order chi connectivity index (χ0) is 67.5. The van der Waals surface area contributed by atoms with Gasteiger partial charge in [-0.1, -0.05) is 225 Å². The van der Waals surface area contributed by atoms with E-state index in [2.05, 4.69) is 36.6 Å². The topological polar surface area (TPSA) is 373 Å². The molecule has 3 rings (SSSR count). The minimum absolute atomic E-state index is 0.225. The molecule has 23 nitrogen and oxygen atoms in total. The van der Waals surface area contributed by atoms with Crippen molar-refractivity contribution in [2.24, 2.45) is 0 Å². The van der Waals surface area contributed by atoms with E-state index < -0.39 is 148 Å². The average molecular weight is 1320 g/mol. The molecule has 0 aromatic carbocycles. The summed E-state index contributed by atoms with van der Waals surface area (Å²) in [5.74, 6) is -6.10. The molecule has 18 unspecified atom stereocenters. The van der Waals surface area contributed by atoms with Gasteiger partial charge < -0.3 is 100 Å². The Hall–Kier alpha value is -2.53. The lowest BCUT2D eigenvalue weighted by Crippen LogP contribution is -2.70. The number of hydrogen-bond donors (Lipinski definition) is 14. The van der Waals surface area contributed by atoms with Crippen molar-refractivity contribution in [1.29, 1.82) is 0 Å². The minimum atomic E-state index is -3.08. The molecule has 0 saturated carbocycles. The molecular weight excluding hydrogens is 1190 g/mol. The highest BCUT2D eigenvalue weighted by molar-refractivity contribution is 5.77. The van der Waals surface area contributed by atoms with Gasteiger partial charge in [-0.25, -0.2) is 4.79 Å². The summed E-state index contributed by atoms with van der Waals surface area (Å²) in [6.07, 6.45) is 19.8. The van der Waals surface area contributed by atoms with E-state index in [1.807, 2.05) is 0 Å². The largest absolute Gasteiger partial charge is 0.477 e. The number of carboxylic acid groups (broad SMARTS) is 1. The van der Waals surface area contributed by atoms with Crippen LogP contribution < -0.4 is 10.6 Å². The number of aliphatic carboxylic acids is 1. The van der Waals surface area contributed by atoms with Gasteiger partial charge in [0.25, 0.3) is 5.79 Å². The van der Waals surface area contributed by atoms with Crippen LogP contribution in [0.4, 0.5) is 0 Å². The number of aliphatic hydroxyl groups is 11. The lowest BCUT2D eigenvalue weighted by atomic mass is 9.88. The number of carbonyl (C=O) groups is 3. The van der Waals surface area contributed by atoms with Crippen molar-refractivity contribution in [2.75, 3.05) is 26.4 Å². The minimum Gasteiger partial charge on any atom is -0.477 e. The van der Waals surface area contributed by atoms with Gasteiger partial charge in [0.15, 0.2) is 12.6 Å². The molecule has 3 saturated heterocycles. The van der Waals surface area contributed by atoms with Gasteiger partial charge in [0, 0.05) is 19.8 Å². The molecule has 0 spiro atoms. The van der Waals surface area contributed by atoms with Crippen LogP contribution in [0.2, 0.25) is 0 Å². The molecule has 3 aliphatic rings. The highest BCUT2D eigenvalue weighted by Gasteiger charge is 2.60. The van der Waals surface area contributed by atoms with Crippen molar-refractivity contribution < 1.29 is 104 Å². The maximum atomic E-state index is 13.4. The zero-order valence-electron chi connectivity index (χ0n) is 56.4. The first-order chi connectivity index (χ1) is 44.4. The second-order valence-corrected chi connectivity index (χ2v) is 26.5. The van der Waals surface area contributed by atoms with Crippen LogP contribution in [-0.2, 0) is 42.8 Å². The summed E-state index contributed by atoms with van der Waals surface area (Å²) < 4.78 is 34.8. The first-order valence-electron chi connectivity index (χ1n) is 36.0. The van der Waals surface area contributed by atoms with E-state index in [1.54, 1.807) is 0 Å². The molecule has 3 fully saturated rings. The quantitative estimate of drug-likeness (QED) is 0.0214. The Morgan fingerprint density at radius 2 is 1.01 bits per heavy atom. The molecule has 2 amide bonds. The maximum Gasteiger partial charge on any atom is 0.364 e. The van der Waals surface area contributed by atoms with Crippen molar-refractivity contribution >= 4 is 17.8 Å². The van der Waals surface area contributed by atoms with Gasteiger partial charge in [-0.05, 0) is 38.5 Å². The van der Waals surface area contributed by atoms with Crippen LogP contribution in [0.3, 0.4) is 0 Å². The fourth-order valence-electron chi connectivity index (χ4n) is 12.7. The van der Waals surface area contributed by atoms with Crippen LogP contribution in [0.25, 0.3) is 0 Å². The molecule has 0 aliphatic carbocycles. The van der Waals surface area contributed by atoms with E-state index in [0.29, 0.717) is 19.3 Å². The van der Waals surface area contributed by atoms with Crippen LogP contribution in [0, 0.1) is 0 Å². The van der Waals surface area contributed by atoms with E-state index in [4.69, 9.17) is 28.4 Å². The number of amides is 2. The number of carbonyl (C=O) groups excluding carboxylic acids is 2. The monoisotopic (exact) mass is 1320 g/mol. The summed E-state index contributed by atoms with van der Waals surface area (Å²) in [5, 5.41) is 136. The molecule has 0 aromatic heterocycles. The summed E-state index contributed by atoms with van der Waals surface area (Å²) in [7, 11) is 0. The number of nitrogens with one attached hydrogen (secondary N) is 2. The second-order valence-electron chi connectivity index (χ2n) is 26.5. The number of rotatable bonds is 55. The fraction of sp³-hybridized carbons (Fsp3) is 0.928. The Labute approximate surface area is 550 Å². The van der Waals surface area contributed by atoms with E-state index in [-0.39, 0.29) is 18.9 Å². The number of allylic oxidation sites excluding steroid dienone is 2. The summed E-state index contributed by atoms with van der Waals surface area (Å²) >= 11 is 0. The molecule has 0 radical (unpaired) electrons. The smallest absolute Gasteiger partial charge is 0.364 e. The Bertz CT molecular complexity index is 1910. The first-order valence-corrected chi connectivity index (χ1v) is 36.0. The maximum absolute atomic E-state index is 13.4. The van der Waals surface area contributed by atoms with E-state index in [9.17, 15) is 75.7 Å². The van der Waals surface area contributed by atoms with Gasteiger partial charge in [-0.2, -0.15) is 0 Å². The predicted molar refractivity (Wildman–Crippen MR) is 348 cm³/mol. The van der Waals surface area contributed by atoms with E-state index in [0.717, 1.165) is 58.3 Å². The van der Waals surface area contributed by atoms with Crippen LogP contribution in [0.15, 0.2) is 12.2 Å². The standard InChI is InChI=1S/C69H128N2O21/c1-4-6-8-10-12-14-15-16-17-18-19-20-21-22-23-24-25-26-27-28-29-30-31-32-33-35-37-39-41-43-56(79)71-50(51(76)42-40-38-36-34-13-11-9-7-5-2)48-87-66-61(83)60(82)63(55(47-74)89-66)90-67-62(84)65(59(81)54(46-73)88-67)92-69(68(85)86)44-52(77)57(70-49(3)75)64(91-69)58(80)53(78)45-72/h22-23,50-55,57-67,72-74,76-78,80-84H,4-21,24-48H2,1-3H3,(H,70,75)(H,71,79)(H,85,86)/b23-22-. The van der Waals surface area contributed by atoms with Crippen molar-refractivity contribution in [3.8, 4) is 0 Å². The highest BCUT2D eigenvalue weighted by atomic mass is 16.8. The third kappa shape index (κ3) is 31.8. The molecular formula is C69H128N2O21. The Balaban J connectivity index is 1.47. The Morgan fingerprint density at radius 1 is 0.554 bits per heavy atom. The third-order valence-electron chi connectivity index (χ3n) is 18.5. The molecule has 14 N–H and O–H groups in total. The van der Waals surface area contributed by atoms with Gasteiger partial charge in [0.1, 0.15) is 67.1 Å². The highest BCUT2D eigenvalue weighted by Crippen LogP contribution is 2.39. The normalized spacial score (nSPS) is 28.3. The van der Waals surface area contributed by atoms with E-state index in [1.165, 1.54) is 167 Å². The lowest BCUT2D eigenvalue weighted by Gasteiger charge is -2.50. The molecule has 0 bridgehead atoms. The van der Waals surface area contributed by atoms with Crippen LogP contribution >= 0.6 is 0 Å². The summed E-state index contributed by atoms with van der Waals surface area (Å²) in [5.41, 5.74) is 0. The molecule has 3 aliphatic heterocycles. The second kappa shape index (κ2) is 49.9. The number of carboxylic acids is 1. The Morgan fingerprint density at radius 3 is 1.47 bits per heavy atom. The molecule has 0 aromatic rings. The molecule has 540 valence electrons. The average Bonchev–Trinajstić information content (AvgIpc) is 0.794. The molecule has 23 heteroatoms. The SMILES string of the molecule is CCCCCCCCCCCCCC/C=C\CCCCCCCCCCCCCCCC(=O)NC(COC1OC(CO)C(OC2OC(CO)C(O)C(OC3(C(=O)O)CC(O)C(NC(C)=O)C(C(O)C(O)CO)O3)C2O)C(O)C1O)C(O)CCCCCCCCCCC. The summed E-state index contributed by atoms with van der Waals surface area (Å²) in [6, 6.07) is -2.52. The van der Waals surface area contributed by atoms with Gasteiger partial charge >= 0.3 is 5.97 Å². The third-order valence-corrected chi connectivity index (χ3v) is 18.5. The van der Waals surface area contributed by atoms with E-state index >= 15 is 0 Å². The molecule has 18 atom stereocenters. The van der Waals surface area contributed by atoms with Crippen molar-refractivity contribution in [3.05, 3.63) is 12.2 Å². The first kappa shape index (κ1) is 83.7. The number of ether oxygens (including phenoxy) is 6. The van der Waals surface area contributed by atoms with Crippen LogP contribution in [0.1, 0.15) is 271 Å². The van der Waals surface area contributed by atoms with Crippen LogP contribution in [0.5, 0.6) is 0 Å². The van der Waals surface area contributed by atoms with Gasteiger partial charge in [0.05, 0.1) is 50.7 Å². The van der Waals surface area contributed by atoms with Gasteiger partial charge in [0.2, 0.25) is 11.8 Å². The molecule has 3 heterocycles. The van der Waals surface area contributed by atoms with Gasteiger partial charge in [-0.3, -0.25) is 9.59 Å². The fourth-order valence-corrected chi connectivity index (χ4v) is 12.7. The summed E-state index contributed by atoms with van der Waals surface area (Å²) in [4.78, 5) is 38.5. The van der Waals surface area contributed by atoms with Crippen molar-refractivity contribution in [1.82, 2.24) is 10.6 Å². The van der Waals surface area contributed by atoms with Crippen molar-refractivity contribution in [3.63, 3.8) is 0 Å². The van der Waals surface area contributed by atoms with Crippen LogP contribution in [-0.4, -0.2) is 215 Å². The molecule has 92 heavy (non-hydrogen) atoms. The lowest BCUT2D eigenvalue weighted by molar-refractivity contribution is -0.386. The predicted octanol–water partition coefficient (Wildman–Crippen LogP) is 7.07. The Kier molecular flexibility index (Phi) is 45.4. The zero-order valence-corrected chi connectivity index (χ0v) is 56.4. The summed E-state index contributed by atoms with van der Waals surface area (Å²) in [6.45, 7) is 2.18. The number of unbranched alkanes of at least 4 members (excludes halogenated alkanes) is 33. The van der Waals surface area contributed by atoms with Crippen molar-refractivity contribution in [2.45, 2.75) is 381 Å². The van der Waals surface area contributed by atoms with Gasteiger partial charge in [-0.15, -0.1) is 0 Å². The number of hydrogen-bond acceptors (Lipinski definition) is 20.